The maximum Gasteiger partial charge on any atom is 0.0682 e. The topological polar surface area (TPSA) is 24.1 Å². The highest BCUT2D eigenvalue weighted by Crippen LogP contribution is 2.40. The molecule has 4 aromatic rings. The van der Waals surface area contributed by atoms with Crippen molar-refractivity contribution in [2.75, 3.05) is 17.2 Å². The van der Waals surface area contributed by atoms with Gasteiger partial charge in [-0.2, -0.15) is 0 Å². The van der Waals surface area contributed by atoms with Crippen LogP contribution in [0.5, 0.6) is 0 Å². The van der Waals surface area contributed by atoms with Crippen molar-refractivity contribution in [1.82, 2.24) is 0 Å². The van der Waals surface area contributed by atoms with Gasteiger partial charge in [-0.1, -0.05) is 97.1 Å². The molecule has 0 saturated carbocycles. The van der Waals surface area contributed by atoms with Crippen molar-refractivity contribution in [3.8, 4) is 0 Å². The predicted molar refractivity (Wildman–Crippen MR) is 128 cm³/mol. The molecule has 0 radical (unpaired) electrons. The van der Waals surface area contributed by atoms with Crippen molar-refractivity contribution >= 4 is 11.4 Å². The molecule has 0 aliphatic rings. The summed E-state index contributed by atoms with van der Waals surface area (Å²) < 4.78 is 0. The van der Waals surface area contributed by atoms with Crippen LogP contribution in [0.3, 0.4) is 0 Å². The van der Waals surface area contributed by atoms with Gasteiger partial charge in [-0.25, -0.2) is 0 Å². The summed E-state index contributed by atoms with van der Waals surface area (Å²) in [5.41, 5.74) is 4.50. The molecule has 4 rings (SSSR count). The second kappa shape index (κ2) is 9.32. The van der Waals surface area contributed by atoms with Gasteiger partial charge in [0, 0.05) is 23.8 Å². The molecule has 0 aromatic heterocycles. The van der Waals surface area contributed by atoms with Crippen molar-refractivity contribution in [2.24, 2.45) is 0 Å². The quantitative estimate of drug-likeness (QED) is 0.340. The molecule has 0 bridgehead atoms. The molecule has 0 aliphatic carbocycles. The van der Waals surface area contributed by atoms with Gasteiger partial charge in [-0.15, -0.1) is 0 Å². The van der Waals surface area contributed by atoms with E-state index in [2.05, 4.69) is 133 Å². The van der Waals surface area contributed by atoms with Crippen LogP contribution in [0.4, 0.5) is 11.4 Å². The molecule has 0 spiro atoms. The smallest absolute Gasteiger partial charge is 0.0682 e. The minimum Gasteiger partial charge on any atom is -0.384 e. The average Bonchev–Trinajstić information content (AvgIpc) is 2.82. The molecule has 0 saturated heterocycles. The van der Waals surface area contributed by atoms with Crippen molar-refractivity contribution in [3.05, 3.63) is 132 Å². The predicted octanol–water partition coefficient (Wildman–Crippen LogP) is 6.91. The van der Waals surface area contributed by atoms with Crippen LogP contribution in [0, 0.1) is 0 Å². The van der Waals surface area contributed by atoms with Crippen LogP contribution >= 0.6 is 0 Å². The molecule has 2 nitrogen and oxygen atoms in total. The first-order valence-corrected chi connectivity index (χ1v) is 10.5. The zero-order valence-corrected chi connectivity index (χ0v) is 17.3. The largest absolute Gasteiger partial charge is 0.384 e. The number of nitrogens with one attached hydrogen (secondary N) is 2. The van der Waals surface area contributed by atoms with E-state index in [0.29, 0.717) is 0 Å². The Morgan fingerprint density at radius 2 is 1.07 bits per heavy atom. The summed E-state index contributed by atoms with van der Waals surface area (Å²) in [5, 5.41) is 7.53. The lowest BCUT2D eigenvalue weighted by Gasteiger charge is -2.41. The fourth-order valence-corrected chi connectivity index (χ4v) is 4.08. The molecule has 2 unspecified atom stereocenters. The number of hydrogen-bond acceptors (Lipinski definition) is 2. The van der Waals surface area contributed by atoms with E-state index in [1.807, 2.05) is 6.07 Å². The normalized spacial score (nSPS) is 13.8. The van der Waals surface area contributed by atoms with E-state index < -0.39 is 0 Å². The summed E-state index contributed by atoms with van der Waals surface area (Å²) in [4.78, 5) is 0. The van der Waals surface area contributed by atoms with Crippen LogP contribution in [0.15, 0.2) is 121 Å². The van der Waals surface area contributed by atoms with Crippen LogP contribution in [0.2, 0.25) is 0 Å². The van der Waals surface area contributed by atoms with Gasteiger partial charge in [0.15, 0.2) is 0 Å². The Kier molecular flexibility index (Phi) is 6.14. The van der Waals surface area contributed by atoms with Crippen molar-refractivity contribution in [3.63, 3.8) is 0 Å². The van der Waals surface area contributed by atoms with Crippen LogP contribution in [0.25, 0.3) is 0 Å². The highest BCUT2D eigenvalue weighted by molar-refractivity contribution is 5.51. The third kappa shape index (κ3) is 4.55. The first kappa shape index (κ1) is 19.8. The van der Waals surface area contributed by atoms with Gasteiger partial charge in [0.05, 0.1) is 5.54 Å². The van der Waals surface area contributed by atoms with Gasteiger partial charge in [-0.3, -0.25) is 0 Å². The number of benzene rings is 4. The molecule has 0 fully saturated rings. The van der Waals surface area contributed by atoms with Gasteiger partial charge in [-0.05, 0) is 42.3 Å². The molecule has 0 aliphatic heterocycles. The Balaban J connectivity index is 1.76. The first-order valence-electron chi connectivity index (χ1n) is 10.5. The Morgan fingerprint density at radius 3 is 1.63 bits per heavy atom. The molecule has 150 valence electrons. The van der Waals surface area contributed by atoms with Crippen LogP contribution in [0.1, 0.15) is 24.0 Å². The lowest BCUT2D eigenvalue weighted by Crippen LogP contribution is -2.41. The highest BCUT2D eigenvalue weighted by atomic mass is 15.0. The number of rotatable bonds is 8. The minimum atomic E-state index is -0.314. The third-order valence-corrected chi connectivity index (χ3v) is 5.73. The van der Waals surface area contributed by atoms with Gasteiger partial charge in [0.2, 0.25) is 0 Å². The highest BCUT2D eigenvalue weighted by Gasteiger charge is 2.37. The molecular formula is C28H28N2. The van der Waals surface area contributed by atoms with Gasteiger partial charge < -0.3 is 10.6 Å². The van der Waals surface area contributed by atoms with Crippen LogP contribution < -0.4 is 10.6 Å². The first-order chi connectivity index (χ1) is 14.8. The van der Waals surface area contributed by atoms with Gasteiger partial charge >= 0.3 is 0 Å². The summed E-state index contributed by atoms with van der Waals surface area (Å²) >= 11 is 0. The maximum absolute atomic E-state index is 3.87. The van der Waals surface area contributed by atoms with E-state index in [-0.39, 0.29) is 11.5 Å². The molecule has 2 N–H and O–H groups in total. The molecular weight excluding hydrogens is 364 g/mol. The SMILES string of the molecule is CC(Nc1ccccc1)(c1ccccc1)C(CNc1ccccc1)c1ccccc1. The Labute approximate surface area is 179 Å². The van der Waals surface area contributed by atoms with Gasteiger partial charge in [0.1, 0.15) is 0 Å². The van der Waals surface area contributed by atoms with E-state index in [4.69, 9.17) is 0 Å². The monoisotopic (exact) mass is 392 g/mol. The zero-order valence-electron chi connectivity index (χ0n) is 17.3. The molecule has 30 heavy (non-hydrogen) atoms. The van der Waals surface area contributed by atoms with Crippen molar-refractivity contribution in [1.29, 1.82) is 0 Å². The fraction of sp³-hybridized carbons (Fsp3) is 0.143. The summed E-state index contributed by atoms with van der Waals surface area (Å²) in [6.07, 6.45) is 0. The Bertz CT molecular complexity index is 1020. The standard InChI is InChI=1S/C28H28N2/c1-28(24-16-8-3-9-17-24,30-26-20-12-5-13-21-26)27(23-14-6-2-7-15-23)22-29-25-18-10-4-11-19-25/h2-21,27,29-30H,22H2,1H3. The lowest BCUT2D eigenvalue weighted by molar-refractivity contribution is 0.439. The number of hydrogen-bond donors (Lipinski definition) is 2. The third-order valence-electron chi connectivity index (χ3n) is 5.73. The number of para-hydroxylation sites is 2. The fourth-order valence-electron chi connectivity index (χ4n) is 4.08. The van der Waals surface area contributed by atoms with E-state index in [1.54, 1.807) is 0 Å². The van der Waals surface area contributed by atoms with Crippen LogP contribution in [-0.4, -0.2) is 6.54 Å². The average molecular weight is 393 g/mol. The van der Waals surface area contributed by atoms with E-state index in [9.17, 15) is 0 Å². The molecule has 2 heteroatoms. The second-order valence-electron chi connectivity index (χ2n) is 7.77. The zero-order chi connectivity index (χ0) is 20.7. The van der Waals surface area contributed by atoms with Crippen LogP contribution in [-0.2, 0) is 5.54 Å². The molecule has 0 amide bonds. The summed E-state index contributed by atoms with van der Waals surface area (Å²) in [6.45, 7) is 3.11. The van der Waals surface area contributed by atoms with Crippen molar-refractivity contribution in [2.45, 2.75) is 18.4 Å². The van der Waals surface area contributed by atoms with E-state index in [1.165, 1.54) is 11.1 Å². The number of anilines is 2. The molecule has 4 aromatic carbocycles. The van der Waals surface area contributed by atoms with Crippen molar-refractivity contribution < 1.29 is 0 Å². The summed E-state index contributed by atoms with van der Waals surface area (Å²) in [5.74, 6) is 0.196. The van der Waals surface area contributed by atoms with E-state index >= 15 is 0 Å². The summed E-state index contributed by atoms with van der Waals surface area (Å²) in [6, 6.07) is 42.4. The van der Waals surface area contributed by atoms with Gasteiger partial charge in [0.25, 0.3) is 0 Å². The molecule has 2 atom stereocenters. The Morgan fingerprint density at radius 1 is 0.600 bits per heavy atom. The minimum absolute atomic E-state index is 0.196. The lowest BCUT2D eigenvalue weighted by atomic mass is 9.75. The summed E-state index contributed by atoms with van der Waals surface area (Å²) in [7, 11) is 0. The second-order valence-corrected chi connectivity index (χ2v) is 7.77. The Hall–Kier alpha value is -3.52. The molecule has 0 heterocycles. The van der Waals surface area contributed by atoms with E-state index in [0.717, 1.165) is 17.9 Å². The maximum atomic E-state index is 3.87.